The zero-order chi connectivity index (χ0) is 15.4. The Morgan fingerprint density at radius 1 is 0.591 bits per heavy atom. The molecular formula is C16H10O6. The van der Waals surface area contributed by atoms with E-state index >= 15 is 0 Å². The Bertz CT molecular complexity index is 687. The van der Waals surface area contributed by atoms with Gasteiger partial charge < -0.3 is 9.47 Å². The molecule has 2 aliphatic carbocycles. The molecule has 2 fully saturated rings. The van der Waals surface area contributed by atoms with Crippen molar-refractivity contribution in [1.29, 1.82) is 0 Å². The van der Waals surface area contributed by atoms with Crippen LogP contribution in [0.25, 0.3) is 0 Å². The van der Waals surface area contributed by atoms with Crippen LogP contribution in [0, 0.1) is 23.7 Å². The molecule has 0 bridgehead atoms. The van der Waals surface area contributed by atoms with Gasteiger partial charge >= 0.3 is 23.9 Å². The first-order chi connectivity index (χ1) is 10.5. The maximum absolute atomic E-state index is 11.6. The van der Waals surface area contributed by atoms with E-state index in [9.17, 15) is 19.2 Å². The van der Waals surface area contributed by atoms with E-state index in [1.165, 1.54) is 0 Å². The summed E-state index contributed by atoms with van der Waals surface area (Å²) in [5.74, 6) is -4.62. The van der Waals surface area contributed by atoms with Crippen LogP contribution < -0.4 is 0 Å². The largest absolute Gasteiger partial charge is 0.392 e. The summed E-state index contributed by atoms with van der Waals surface area (Å²) in [6, 6.07) is 0. The Balaban J connectivity index is 1.67. The Morgan fingerprint density at radius 3 is 1.36 bits per heavy atom. The van der Waals surface area contributed by atoms with Crippen LogP contribution in [0.15, 0.2) is 47.6 Å². The molecule has 0 spiro atoms. The quantitative estimate of drug-likeness (QED) is 0.521. The van der Waals surface area contributed by atoms with Gasteiger partial charge in [-0.3, -0.25) is 19.2 Å². The molecular weight excluding hydrogens is 288 g/mol. The molecule has 110 valence electrons. The van der Waals surface area contributed by atoms with Crippen molar-refractivity contribution in [3.8, 4) is 0 Å². The predicted octanol–water partition coefficient (Wildman–Crippen LogP) is 0.610. The van der Waals surface area contributed by atoms with Crippen LogP contribution in [0.1, 0.15) is 0 Å². The smallest absolute Gasteiger partial charge is 0.321 e. The molecule has 4 unspecified atom stereocenters. The van der Waals surface area contributed by atoms with Crippen LogP contribution in [-0.4, -0.2) is 23.9 Å². The van der Waals surface area contributed by atoms with E-state index in [1.54, 1.807) is 36.5 Å². The second-order valence-corrected chi connectivity index (χ2v) is 5.55. The molecule has 0 aromatic carbocycles. The average molecular weight is 298 g/mol. The highest BCUT2D eigenvalue weighted by atomic mass is 16.6. The second-order valence-electron chi connectivity index (χ2n) is 5.55. The second kappa shape index (κ2) is 4.37. The lowest BCUT2D eigenvalue weighted by molar-refractivity contribution is -0.155. The van der Waals surface area contributed by atoms with Gasteiger partial charge in [-0.25, -0.2) is 0 Å². The minimum absolute atomic E-state index is 0.542. The minimum Gasteiger partial charge on any atom is -0.392 e. The van der Waals surface area contributed by atoms with E-state index in [0.29, 0.717) is 0 Å². The van der Waals surface area contributed by atoms with Gasteiger partial charge in [-0.05, 0) is 11.1 Å². The van der Waals surface area contributed by atoms with Crippen LogP contribution in [0.3, 0.4) is 0 Å². The van der Waals surface area contributed by atoms with Gasteiger partial charge in [-0.2, -0.15) is 0 Å². The summed E-state index contributed by atoms with van der Waals surface area (Å²) in [6.07, 6.45) is 10.0. The van der Waals surface area contributed by atoms with Gasteiger partial charge in [0.2, 0.25) is 0 Å². The number of hydrogen-bond acceptors (Lipinski definition) is 6. The molecule has 2 heterocycles. The Morgan fingerprint density at radius 2 is 0.955 bits per heavy atom. The van der Waals surface area contributed by atoms with Gasteiger partial charge in [0, 0.05) is 0 Å². The van der Waals surface area contributed by atoms with Crippen molar-refractivity contribution < 1.29 is 28.7 Å². The number of cyclic esters (lactones) is 4. The molecule has 4 aliphatic rings. The normalized spacial score (nSPS) is 35.6. The number of carbonyl (C=O) groups excluding carboxylic acids is 4. The highest BCUT2D eigenvalue weighted by Gasteiger charge is 2.45. The fraction of sp³-hybridized carbons (Fsp3) is 0.250. The SMILES string of the molecule is O=C1OC(=O)C2C=C(C3=CC4C(=O)OC(=O)C4C=C3)C=CC12. The molecule has 2 aliphatic heterocycles. The molecule has 2 saturated heterocycles. The molecule has 0 aromatic rings. The number of fused-ring (bicyclic) bond motifs is 2. The van der Waals surface area contributed by atoms with E-state index in [1.807, 2.05) is 0 Å². The van der Waals surface area contributed by atoms with E-state index in [4.69, 9.17) is 0 Å². The Labute approximate surface area is 124 Å². The van der Waals surface area contributed by atoms with Crippen LogP contribution in [-0.2, 0) is 28.7 Å². The molecule has 0 amide bonds. The van der Waals surface area contributed by atoms with Crippen molar-refractivity contribution >= 4 is 23.9 Å². The molecule has 4 rings (SSSR count). The first kappa shape index (κ1) is 12.9. The third kappa shape index (κ3) is 1.73. The Hall–Kier alpha value is -2.76. The predicted molar refractivity (Wildman–Crippen MR) is 70.6 cm³/mol. The number of hydrogen-bond donors (Lipinski definition) is 0. The van der Waals surface area contributed by atoms with Crippen LogP contribution in [0.4, 0.5) is 0 Å². The summed E-state index contributed by atoms with van der Waals surface area (Å²) in [6.45, 7) is 0. The molecule has 6 nitrogen and oxygen atoms in total. The van der Waals surface area contributed by atoms with E-state index in [2.05, 4.69) is 9.47 Å². The molecule has 6 heteroatoms. The lowest BCUT2D eigenvalue weighted by Crippen LogP contribution is -2.19. The number of rotatable bonds is 1. The van der Waals surface area contributed by atoms with Crippen molar-refractivity contribution in [3.63, 3.8) is 0 Å². The average Bonchev–Trinajstić information content (AvgIpc) is 2.96. The lowest BCUT2D eigenvalue weighted by atomic mass is 9.81. The van der Waals surface area contributed by atoms with Gasteiger partial charge in [0.25, 0.3) is 0 Å². The monoisotopic (exact) mass is 298 g/mol. The number of esters is 4. The first-order valence-corrected chi connectivity index (χ1v) is 6.86. The first-order valence-electron chi connectivity index (χ1n) is 6.86. The zero-order valence-electron chi connectivity index (χ0n) is 11.2. The maximum Gasteiger partial charge on any atom is 0.321 e. The molecule has 4 atom stereocenters. The number of allylic oxidation sites excluding steroid dienone is 4. The standard InChI is InChI=1S/C16H10O6/c17-13-9-3-1-7(5-11(9)15(19)21-13)8-2-4-10-12(6-8)16(20)22-14(10)18/h1-6,9-12H. The van der Waals surface area contributed by atoms with Gasteiger partial charge in [0.1, 0.15) is 0 Å². The fourth-order valence-electron chi connectivity index (χ4n) is 3.09. The summed E-state index contributed by atoms with van der Waals surface area (Å²) >= 11 is 0. The summed E-state index contributed by atoms with van der Waals surface area (Å²) < 4.78 is 9.23. The Kier molecular flexibility index (Phi) is 2.57. The molecule has 0 saturated carbocycles. The van der Waals surface area contributed by atoms with Crippen molar-refractivity contribution in [2.24, 2.45) is 23.7 Å². The van der Waals surface area contributed by atoms with E-state index < -0.39 is 47.5 Å². The van der Waals surface area contributed by atoms with Crippen molar-refractivity contribution in [2.45, 2.75) is 0 Å². The topological polar surface area (TPSA) is 86.7 Å². The molecule has 22 heavy (non-hydrogen) atoms. The van der Waals surface area contributed by atoms with Gasteiger partial charge in [0.05, 0.1) is 23.7 Å². The van der Waals surface area contributed by atoms with Crippen LogP contribution >= 0.6 is 0 Å². The number of ether oxygens (including phenoxy) is 2. The molecule has 0 radical (unpaired) electrons. The van der Waals surface area contributed by atoms with Crippen molar-refractivity contribution in [3.05, 3.63) is 47.6 Å². The van der Waals surface area contributed by atoms with Crippen molar-refractivity contribution in [1.82, 2.24) is 0 Å². The molecule has 0 aromatic heterocycles. The highest BCUT2D eigenvalue weighted by molar-refractivity contribution is 6.00. The summed E-state index contributed by atoms with van der Waals surface area (Å²) in [5, 5.41) is 0. The minimum atomic E-state index is -0.628. The van der Waals surface area contributed by atoms with E-state index in [0.717, 1.165) is 11.1 Å². The summed E-state index contributed by atoms with van der Waals surface area (Å²) in [4.78, 5) is 46.3. The van der Waals surface area contributed by atoms with Crippen molar-refractivity contribution in [2.75, 3.05) is 0 Å². The van der Waals surface area contributed by atoms with E-state index in [-0.39, 0.29) is 0 Å². The van der Waals surface area contributed by atoms with Crippen LogP contribution in [0.5, 0.6) is 0 Å². The van der Waals surface area contributed by atoms with Gasteiger partial charge in [-0.1, -0.05) is 36.5 Å². The van der Waals surface area contributed by atoms with Gasteiger partial charge in [-0.15, -0.1) is 0 Å². The summed E-state index contributed by atoms with van der Waals surface area (Å²) in [5.41, 5.74) is 1.43. The fourth-order valence-corrected chi connectivity index (χ4v) is 3.09. The molecule has 0 N–H and O–H groups in total. The zero-order valence-corrected chi connectivity index (χ0v) is 11.2. The van der Waals surface area contributed by atoms with Gasteiger partial charge in [0.15, 0.2) is 0 Å². The van der Waals surface area contributed by atoms with Crippen LogP contribution in [0.2, 0.25) is 0 Å². The lowest BCUT2D eigenvalue weighted by Gasteiger charge is -2.18. The summed E-state index contributed by atoms with van der Waals surface area (Å²) in [7, 11) is 0. The highest BCUT2D eigenvalue weighted by Crippen LogP contribution is 2.37. The maximum atomic E-state index is 11.6. The number of carbonyl (C=O) groups is 4. The third-order valence-electron chi connectivity index (χ3n) is 4.28. The third-order valence-corrected chi connectivity index (χ3v) is 4.28.